The summed E-state index contributed by atoms with van der Waals surface area (Å²) in [6, 6.07) is 14.2. The number of methoxy groups -OCH3 is 1. The molecule has 0 radical (unpaired) electrons. The zero-order valence-corrected chi connectivity index (χ0v) is 17.5. The Bertz CT molecular complexity index is 1120. The van der Waals surface area contributed by atoms with Crippen LogP contribution in [0.5, 0.6) is 5.75 Å². The SMILES string of the molecule is COc1cccc([C@@H]2N(C(=O)CNS(C)(=O)=O)CC[C@]23C(=O)Nc2ccccc23)c1. The van der Waals surface area contributed by atoms with Crippen LogP contribution < -0.4 is 14.8 Å². The predicted molar refractivity (Wildman–Crippen MR) is 112 cm³/mol. The van der Waals surface area contributed by atoms with Gasteiger partial charge in [-0.1, -0.05) is 30.3 Å². The van der Waals surface area contributed by atoms with Crippen LogP contribution in [0.15, 0.2) is 48.5 Å². The fourth-order valence-corrected chi connectivity index (χ4v) is 4.91. The molecule has 0 aromatic heterocycles. The maximum Gasteiger partial charge on any atom is 0.238 e. The largest absolute Gasteiger partial charge is 0.497 e. The number of fused-ring (bicyclic) bond motifs is 2. The minimum Gasteiger partial charge on any atom is -0.497 e. The summed E-state index contributed by atoms with van der Waals surface area (Å²) in [6.45, 7) is -0.0352. The van der Waals surface area contributed by atoms with E-state index >= 15 is 0 Å². The number of ether oxygens (including phenoxy) is 1. The van der Waals surface area contributed by atoms with Gasteiger partial charge < -0.3 is 15.0 Å². The Hall–Kier alpha value is -2.91. The molecule has 1 saturated heterocycles. The maximum absolute atomic E-state index is 13.3. The first kappa shape index (κ1) is 20.4. The number of rotatable bonds is 5. The van der Waals surface area contributed by atoms with Gasteiger partial charge in [0.1, 0.15) is 11.2 Å². The summed E-state index contributed by atoms with van der Waals surface area (Å²) in [5.74, 6) is 0.0630. The number of sulfonamides is 1. The predicted octanol–water partition coefficient (Wildman–Crippen LogP) is 1.41. The number of nitrogens with one attached hydrogen (secondary N) is 2. The molecule has 0 saturated carbocycles. The van der Waals surface area contributed by atoms with Gasteiger partial charge in [0.2, 0.25) is 21.8 Å². The average molecular weight is 429 g/mol. The number of hydrogen-bond acceptors (Lipinski definition) is 5. The maximum atomic E-state index is 13.3. The van der Waals surface area contributed by atoms with Gasteiger partial charge in [0, 0.05) is 12.2 Å². The lowest BCUT2D eigenvalue weighted by Gasteiger charge is -2.34. The Morgan fingerprint density at radius 3 is 2.77 bits per heavy atom. The van der Waals surface area contributed by atoms with Crippen molar-refractivity contribution in [1.82, 2.24) is 9.62 Å². The van der Waals surface area contributed by atoms with E-state index in [1.54, 1.807) is 18.1 Å². The summed E-state index contributed by atoms with van der Waals surface area (Å²) in [5, 5.41) is 2.95. The summed E-state index contributed by atoms with van der Waals surface area (Å²) >= 11 is 0. The third kappa shape index (κ3) is 3.33. The average Bonchev–Trinajstić information content (AvgIpc) is 3.25. The topological polar surface area (TPSA) is 105 Å². The summed E-state index contributed by atoms with van der Waals surface area (Å²) in [4.78, 5) is 27.9. The zero-order valence-electron chi connectivity index (χ0n) is 16.7. The number of likely N-dealkylation sites (tertiary alicyclic amines) is 1. The second kappa shape index (κ2) is 7.41. The van der Waals surface area contributed by atoms with Gasteiger partial charge in [-0.3, -0.25) is 9.59 Å². The quantitative estimate of drug-likeness (QED) is 0.748. The molecule has 0 unspecified atom stereocenters. The molecule has 1 fully saturated rings. The van der Waals surface area contributed by atoms with Crippen molar-refractivity contribution in [2.24, 2.45) is 0 Å². The third-order valence-electron chi connectivity index (χ3n) is 5.80. The summed E-state index contributed by atoms with van der Waals surface area (Å²) < 4.78 is 30.6. The Morgan fingerprint density at radius 2 is 2.03 bits per heavy atom. The van der Waals surface area contributed by atoms with Crippen molar-refractivity contribution in [3.05, 3.63) is 59.7 Å². The van der Waals surface area contributed by atoms with Gasteiger partial charge in [0.25, 0.3) is 0 Å². The summed E-state index contributed by atoms with van der Waals surface area (Å²) in [5.41, 5.74) is 1.38. The van der Waals surface area contributed by atoms with Crippen LogP contribution in [-0.4, -0.2) is 51.6 Å². The molecule has 2 aromatic carbocycles. The highest BCUT2D eigenvalue weighted by atomic mass is 32.2. The van der Waals surface area contributed by atoms with Crippen LogP contribution in [0, 0.1) is 0 Å². The molecule has 2 heterocycles. The molecular formula is C21H23N3O5S. The van der Waals surface area contributed by atoms with Crippen LogP contribution >= 0.6 is 0 Å². The van der Waals surface area contributed by atoms with E-state index in [0.717, 1.165) is 23.1 Å². The first-order chi connectivity index (χ1) is 14.3. The molecule has 2 aromatic rings. The minimum absolute atomic E-state index is 0.164. The van der Waals surface area contributed by atoms with Crippen LogP contribution in [0.25, 0.3) is 0 Å². The van der Waals surface area contributed by atoms with E-state index < -0.39 is 21.5 Å². The Morgan fingerprint density at radius 1 is 1.27 bits per heavy atom. The highest BCUT2D eigenvalue weighted by molar-refractivity contribution is 7.88. The van der Waals surface area contributed by atoms with E-state index in [9.17, 15) is 18.0 Å². The molecule has 8 nitrogen and oxygen atoms in total. The van der Waals surface area contributed by atoms with Crippen molar-refractivity contribution in [1.29, 1.82) is 0 Å². The molecule has 2 aliphatic rings. The molecule has 1 spiro atoms. The summed E-state index contributed by atoms with van der Waals surface area (Å²) in [6.07, 6.45) is 1.44. The summed E-state index contributed by atoms with van der Waals surface area (Å²) in [7, 11) is -1.97. The third-order valence-corrected chi connectivity index (χ3v) is 6.47. The van der Waals surface area contributed by atoms with E-state index in [-0.39, 0.29) is 18.4 Å². The molecule has 0 aliphatic carbocycles. The lowest BCUT2D eigenvalue weighted by Crippen LogP contribution is -2.45. The van der Waals surface area contributed by atoms with E-state index in [1.165, 1.54) is 0 Å². The second-order valence-electron chi connectivity index (χ2n) is 7.58. The van der Waals surface area contributed by atoms with Gasteiger partial charge in [-0.25, -0.2) is 13.1 Å². The Kier molecular flexibility index (Phi) is 5.03. The monoisotopic (exact) mass is 429 g/mol. The van der Waals surface area contributed by atoms with E-state index in [2.05, 4.69) is 10.0 Å². The van der Waals surface area contributed by atoms with Crippen molar-refractivity contribution < 1.29 is 22.7 Å². The van der Waals surface area contributed by atoms with Gasteiger partial charge in [-0.15, -0.1) is 0 Å². The van der Waals surface area contributed by atoms with Gasteiger partial charge in [-0.05, 0) is 35.7 Å². The van der Waals surface area contributed by atoms with E-state index in [1.807, 2.05) is 42.5 Å². The molecule has 2 aliphatic heterocycles. The zero-order chi connectivity index (χ0) is 21.5. The number of para-hydroxylation sites is 1. The number of carbonyl (C=O) groups is 2. The molecule has 30 heavy (non-hydrogen) atoms. The molecule has 2 atom stereocenters. The lowest BCUT2D eigenvalue weighted by atomic mass is 9.72. The Balaban J connectivity index is 1.82. The van der Waals surface area contributed by atoms with Crippen molar-refractivity contribution in [3.8, 4) is 5.75 Å². The van der Waals surface area contributed by atoms with Crippen LogP contribution in [-0.2, 0) is 25.0 Å². The fraction of sp³-hybridized carbons (Fsp3) is 0.333. The normalized spacial score (nSPS) is 22.8. The number of benzene rings is 2. The number of hydrogen-bond donors (Lipinski definition) is 2. The highest BCUT2D eigenvalue weighted by Gasteiger charge is 2.59. The van der Waals surface area contributed by atoms with Crippen LogP contribution in [0.3, 0.4) is 0 Å². The van der Waals surface area contributed by atoms with Crippen LogP contribution in [0.2, 0.25) is 0 Å². The van der Waals surface area contributed by atoms with Crippen LogP contribution in [0.1, 0.15) is 23.6 Å². The van der Waals surface area contributed by atoms with Crippen LogP contribution in [0.4, 0.5) is 5.69 Å². The standard InChI is InChI=1S/C21H23N3O5S/c1-29-15-7-5-6-14(12-15)19-21(16-8-3-4-9-17(16)23-20(21)26)10-11-24(19)18(25)13-22-30(2,27)28/h3-9,12,19,22H,10-11,13H2,1-2H3,(H,23,26)/t19-,21+/m0/s1. The molecule has 2 N–H and O–H groups in total. The van der Waals surface area contributed by atoms with Gasteiger partial charge in [-0.2, -0.15) is 0 Å². The number of amides is 2. The Labute approximate surface area is 175 Å². The smallest absolute Gasteiger partial charge is 0.238 e. The van der Waals surface area contributed by atoms with Crippen molar-refractivity contribution in [3.63, 3.8) is 0 Å². The molecule has 2 amide bonds. The van der Waals surface area contributed by atoms with Crippen molar-refractivity contribution >= 4 is 27.5 Å². The molecule has 0 bridgehead atoms. The first-order valence-electron chi connectivity index (χ1n) is 9.55. The number of anilines is 1. The molecule has 4 rings (SSSR count). The van der Waals surface area contributed by atoms with E-state index in [4.69, 9.17) is 4.74 Å². The highest BCUT2D eigenvalue weighted by Crippen LogP contribution is 2.54. The molecular weight excluding hydrogens is 406 g/mol. The lowest BCUT2D eigenvalue weighted by molar-refractivity contribution is -0.132. The van der Waals surface area contributed by atoms with E-state index in [0.29, 0.717) is 18.7 Å². The number of carbonyl (C=O) groups excluding carboxylic acids is 2. The second-order valence-corrected chi connectivity index (χ2v) is 9.41. The van der Waals surface area contributed by atoms with Crippen molar-refractivity contribution in [2.45, 2.75) is 17.9 Å². The number of nitrogens with zero attached hydrogens (tertiary/aromatic N) is 1. The van der Waals surface area contributed by atoms with Crippen molar-refractivity contribution in [2.75, 3.05) is 31.8 Å². The minimum atomic E-state index is -3.53. The molecule has 9 heteroatoms. The van der Waals surface area contributed by atoms with Gasteiger partial charge in [0.05, 0.1) is 26.0 Å². The molecule has 158 valence electrons. The van der Waals surface area contributed by atoms with Gasteiger partial charge in [0.15, 0.2) is 0 Å². The first-order valence-corrected chi connectivity index (χ1v) is 11.4. The van der Waals surface area contributed by atoms with Gasteiger partial charge >= 0.3 is 0 Å². The fourth-order valence-electron chi connectivity index (χ4n) is 4.52.